The zero-order valence-corrected chi connectivity index (χ0v) is 11.8. The highest BCUT2D eigenvalue weighted by molar-refractivity contribution is 5.86. The number of alkyl halides is 1. The SMILES string of the molecule is CC1(O)[C@H]2O[C@@H](n3cc(F)c4c(N)ncnc43)[C@](C)(F)[C@]21O. The van der Waals surface area contributed by atoms with Gasteiger partial charge in [0.2, 0.25) is 0 Å². The largest absolute Gasteiger partial charge is 0.384 e. The molecule has 2 fully saturated rings. The van der Waals surface area contributed by atoms with E-state index in [-0.39, 0.29) is 16.9 Å². The van der Waals surface area contributed by atoms with Crippen LogP contribution in [0.5, 0.6) is 0 Å². The van der Waals surface area contributed by atoms with Crippen LogP contribution in [0.25, 0.3) is 11.0 Å². The predicted octanol–water partition coefficient (Wildman–Crippen LogP) is 0.274. The molecule has 0 radical (unpaired) electrons. The van der Waals surface area contributed by atoms with Gasteiger partial charge in [0.15, 0.2) is 29.0 Å². The molecule has 1 aliphatic heterocycles. The summed E-state index contributed by atoms with van der Waals surface area (Å²) in [5.41, 5.74) is -0.427. The molecule has 0 bridgehead atoms. The second-order valence-electron chi connectivity index (χ2n) is 6.20. The van der Waals surface area contributed by atoms with Crippen molar-refractivity contribution in [3.63, 3.8) is 0 Å². The maximum Gasteiger partial charge on any atom is 0.187 e. The minimum atomic E-state index is -2.35. The molecule has 0 amide bonds. The third-order valence-electron chi connectivity index (χ3n) is 4.90. The number of aromatic nitrogens is 3. The quantitative estimate of drug-likeness (QED) is 0.698. The van der Waals surface area contributed by atoms with Crippen molar-refractivity contribution in [2.45, 2.75) is 43.1 Å². The van der Waals surface area contributed by atoms with Crippen LogP contribution in [0.15, 0.2) is 12.5 Å². The summed E-state index contributed by atoms with van der Waals surface area (Å²) in [5, 5.41) is 20.3. The fraction of sp³-hybridized carbons (Fsp3) is 0.538. The highest BCUT2D eigenvalue weighted by atomic mass is 19.1. The first-order valence-electron chi connectivity index (χ1n) is 6.69. The summed E-state index contributed by atoms with van der Waals surface area (Å²) in [6.07, 6.45) is -0.311. The molecule has 0 aromatic carbocycles. The van der Waals surface area contributed by atoms with Gasteiger partial charge in [-0.05, 0) is 13.8 Å². The number of fused-ring (bicyclic) bond motifs is 2. The molecule has 7 nitrogen and oxygen atoms in total. The Labute approximate surface area is 123 Å². The monoisotopic (exact) mass is 312 g/mol. The topological polar surface area (TPSA) is 106 Å². The maximum atomic E-state index is 15.2. The molecule has 118 valence electrons. The van der Waals surface area contributed by atoms with E-state index in [1.54, 1.807) is 0 Å². The van der Waals surface area contributed by atoms with Crippen LogP contribution in [0.1, 0.15) is 20.1 Å². The van der Waals surface area contributed by atoms with Gasteiger partial charge in [0.1, 0.15) is 23.9 Å². The van der Waals surface area contributed by atoms with Gasteiger partial charge in [-0.2, -0.15) is 0 Å². The zero-order valence-electron chi connectivity index (χ0n) is 11.8. The van der Waals surface area contributed by atoms with Gasteiger partial charge in [0.25, 0.3) is 0 Å². The van der Waals surface area contributed by atoms with Crippen LogP contribution in [-0.4, -0.2) is 47.7 Å². The Balaban J connectivity index is 1.88. The van der Waals surface area contributed by atoms with Crippen LogP contribution in [0.3, 0.4) is 0 Å². The third kappa shape index (κ3) is 1.22. The van der Waals surface area contributed by atoms with Gasteiger partial charge in [-0.15, -0.1) is 0 Å². The van der Waals surface area contributed by atoms with Gasteiger partial charge in [-0.3, -0.25) is 4.57 Å². The Bertz CT molecular complexity index is 806. The molecule has 3 heterocycles. The summed E-state index contributed by atoms with van der Waals surface area (Å²) in [7, 11) is 0. The highest BCUT2D eigenvalue weighted by Crippen LogP contribution is 2.67. The van der Waals surface area contributed by atoms with Crippen molar-refractivity contribution >= 4 is 16.9 Å². The standard InChI is InChI=1S/C13H14F2N4O3/c1-11(15)10(22-9-12(2,20)13(9,11)21)19-3-5(14)6-7(16)17-4-18-8(6)19/h3-4,9-10,20-21H,1-2H3,(H2,16,17,18)/t9-,10-,11+,12?,13-/m1/s1. The summed E-state index contributed by atoms with van der Waals surface area (Å²) in [6, 6.07) is 0. The Morgan fingerprint density at radius 3 is 2.64 bits per heavy atom. The van der Waals surface area contributed by atoms with E-state index in [4.69, 9.17) is 10.5 Å². The molecule has 2 aliphatic rings. The molecule has 22 heavy (non-hydrogen) atoms. The lowest BCUT2D eigenvalue weighted by molar-refractivity contribution is -0.141. The summed E-state index contributed by atoms with van der Waals surface area (Å²) < 4.78 is 35.8. The first kappa shape index (κ1) is 13.8. The van der Waals surface area contributed by atoms with Crippen molar-refractivity contribution in [1.82, 2.24) is 14.5 Å². The van der Waals surface area contributed by atoms with Gasteiger partial charge in [-0.25, -0.2) is 18.7 Å². The van der Waals surface area contributed by atoms with Crippen LogP contribution in [-0.2, 0) is 4.74 Å². The Morgan fingerprint density at radius 1 is 1.36 bits per heavy atom. The Hall–Kier alpha value is -1.84. The molecule has 4 rings (SSSR count). The molecule has 1 unspecified atom stereocenters. The average Bonchev–Trinajstić information content (AvgIpc) is 2.70. The molecular formula is C13H14F2N4O3. The van der Waals surface area contributed by atoms with E-state index in [1.165, 1.54) is 6.92 Å². The lowest BCUT2D eigenvalue weighted by atomic mass is 9.94. The van der Waals surface area contributed by atoms with Crippen molar-refractivity contribution in [1.29, 1.82) is 0 Å². The fourth-order valence-electron chi connectivity index (χ4n) is 3.54. The number of halogens is 2. The van der Waals surface area contributed by atoms with E-state index in [0.29, 0.717) is 0 Å². The number of rotatable bonds is 1. The van der Waals surface area contributed by atoms with Crippen molar-refractivity contribution < 1.29 is 23.7 Å². The van der Waals surface area contributed by atoms with E-state index in [9.17, 15) is 14.6 Å². The number of hydrogen-bond acceptors (Lipinski definition) is 6. The molecular weight excluding hydrogens is 298 g/mol. The number of nitrogens with two attached hydrogens (primary N) is 1. The molecule has 2 aromatic rings. The van der Waals surface area contributed by atoms with Crippen LogP contribution in [0, 0.1) is 5.82 Å². The average molecular weight is 312 g/mol. The van der Waals surface area contributed by atoms with E-state index < -0.39 is 35.0 Å². The van der Waals surface area contributed by atoms with Gasteiger partial charge in [0, 0.05) is 6.20 Å². The van der Waals surface area contributed by atoms with Gasteiger partial charge >= 0.3 is 0 Å². The van der Waals surface area contributed by atoms with Crippen molar-refractivity contribution in [2.24, 2.45) is 0 Å². The van der Waals surface area contributed by atoms with Crippen LogP contribution >= 0.6 is 0 Å². The van der Waals surface area contributed by atoms with Crippen LogP contribution in [0.4, 0.5) is 14.6 Å². The normalized spacial score (nSPS) is 43.5. The minimum absolute atomic E-state index is 0.0405. The van der Waals surface area contributed by atoms with Crippen LogP contribution < -0.4 is 5.73 Å². The molecule has 9 heteroatoms. The molecule has 5 atom stereocenters. The number of nitrogens with zero attached hydrogens (tertiary/aromatic N) is 3. The molecule has 1 saturated carbocycles. The van der Waals surface area contributed by atoms with Gasteiger partial charge in [-0.1, -0.05) is 0 Å². The fourth-order valence-corrected chi connectivity index (χ4v) is 3.54. The number of nitrogen functional groups attached to an aromatic ring is 1. The lowest BCUT2D eigenvalue weighted by Gasteiger charge is -2.32. The summed E-state index contributed by atoms with van der Waals surface area (Å²) in [6.45, 7) is 2.40. The van der Waals surface area contributed by atoms with Crippen LogP contribution in [0.2, 0.25) is 0 Å². The summed E-state index contributed by atoms with van der Waals surface area (Å²) in [5.74, 6) is -0.789. The van der Waals surface area contributed by atoms with Crippen molar-refractivity contribution in [3.05, 3.63) is 18.3 Å². The first-order chi connectivity index (χ1) is 10.1. The van der Waals surface area contributed by atoms with Crippen molar-refractivity contribution in [3.8, 4) is 0 Å². The summed E-state index contributed by atoms with van der Waals surface area (Å²) >= 11 is 0. The predicted molar refractivity (Wildman–Crippen MR) is 70.9 cm³/mol. The number of aliphatic hydroxyl groups is 2. The Kier molecular flexibility index (Phi) is 2.23. The second kappa shape index (κ2) is 3.55. The number of ether oxygens (including phenoxy) is 1. The Morgan fingerprint density at radius 2 is 2.05 bits per heavy atom. The van der Waals surface area contributed by atoms with E-state index in [2.05, 4.69) is 9.97 Å². The zero-order chi connectivity index (χ0) is 16.1. The number of hydrogen-bond donors (Lipinski definition) is 3. The van der Waals surface area contributed by atoms with E-state index >= 15 is 4.39 Å². The number of anilines is 1. The maximum absolute atomic E-state index is 15.2. The first-order valence-corrected chi connectivity index (χ1v) is 6.69. The third-order valence-corrected chi connectivity index (χ3v) is 4.90. The molecule has 0 spiro atoms. The van der Waals surface area contributed by atoms with E-state index in [1.807, 2.05) is 0 Å². The minimum Gasteiger partial charge on any atom is -0.384 e. The van der Waals surface area contributed by atoms with Gasteiger partial charge in [0.05, 0.1) is 5.39 Å². The van der Waals surface area contributed by atoms with Gasteiger partial charge < -0.3 is 20.7 Å². The highest BCUT2D eigenvalue weighted by Gasteiger charge is 2.89. The second-order valence-corrected chi connectivity index (χ2v) is 6.20. The lowest BCUT2D eigenvalue weighted by Crippen LogP contribution is -2.47. The molecule has 1 saturated heterocycles. The molecule has 4 N–H and O–H groups in total. The molecule has 1 aliphatic carbocycles. The van der Waals surface area contributed by atoms with Crippen molar-refractivity contribution in [2.75, 3.05) is 5.73 Å². The smallest absolute Gasteiger partial charge is 0.187 e. The summed E-state index contributed by atoms with van der Waals surface area (Å²) in [4.78, 5) is 7.61. The molecule has 2 aromatic heterocycles. The van der Waals surface area contributed by atoms with E-state index in [0.717, 1.165) is 24.0 Å².